The molecule has 0 saturated heterocycles. The zero-order valence-corrected chi connectivity index (χ0v) is 19.9. The van der Waals surface area contributed by atoms with Crippen LogP contribution in [0.5, 0.6) is 0 Å². The predicted octanol–water partition coefficient (Wildman–Crippen LogP) is 6.72. The molecule has 5 heteroatoms. The van der Waals surface area contributed by atoms with E-state index in [0.29, 0.717) is 24.3 Å². The number of carbonyl (C=O) groups excluding carboxylic acids is 2. The van der Waals surface area contributed by atoms with Crippen molar-refractivity contribution in [3.05, 3.63) is 35.4 Å². The van der Waals surface area contributed by atoms with Crippen LogP contribution >= 0.6 is 0 Å². The van der Waals surface area contributed by atoms with Crippen LogP contribution in [0.4, 0.5) is 0 Å². The van der Waals surface area contributed by atoms with Gasteiger partial charge in [0.05, 0.1) is 24.3 Å². The van der Waals surface area contributed by atoms with Crippen LogP contribution in [0.15, 0.2) is 24.3 Å². The standard InChI is InChI=1S/C24H38O4.Ti/c1-3-5-7-9-11-15-19-27-23(25)21-17-13-14-18-22(21)24(26)28-20-16-12-10-8-6-4-2;/h13-14,17-18H,3-12,15-16,19-20H2,1-2H3;. The summed E-state index contributed by atoms with van der Waals surface area (Å²) in [5.74, 6) is -0.888. The molecule has 4 nitrogen and oxygen atoms in total. The Morgan fingerprint density at radius 3 is 1.34 bits per heavy atom. The zero-order chi connectivity index (χ0) is 20.5. The van der Waals surface area contributed by atoms with Gasteiger partial charge >= 0.3 is 11.9 Å². The van der Waals surface area contributed by atoms with Gasteiger partial charge in [-0.05, 0) is 25.0 Å². The third kappa shape index (κ3) is 12.9. The van der Waals surface area contributed by atoms with Crippen LogP contribution in [-0.4, -0.2) is 25.2 Å². The molecule has 0 unspecified atom stereocenters. The summed E-state index contributed by atoms with van der Waals surface area (Å²) >= 11 is 0. The Morgan fingerprint density at radius 1 is 0.621 bits per heavy atom. The summed E-state index contributed by atoms with van der Waals surface area (Å²) in [4.78, 5) is 24.7. The second-order valence-corrected chi connectivity index (χ2v) is 7.35. The molecule has 0 N–H and O–H groups in total. The maximum absolute atomic E-state index is 12.4. The molecule has 1 rings (SSSR count). The van der Waals surface area contributed by atoms with Gasteiger partial charge in [0, 0.05) is 21.7 Å². The molecular formula is C24H38O4Ti. The quantitative estimate of drug-likeness (QED) is 0.163. The minimum absolute atomic E-state index is 0. The first-order valence-corrected chi connectivity index (χ1v) is 11.1. The summed E-state index contributed by atoms with van der Waals surface area (Å²) in [7, 11) is 0. The van der Waals surface area contributed by atoms with Gasteiger partial charge < -0.3 is 9.47 Å². The normalized spacial score (nSPS) is 10.3. The fourth-order valence-electron chi connectivity index (χ4n) is 3.09. The van der Waals surface area contributed by atoms with Crippen LogP contribution in [0.2, 0.25) is 0 Å². The molecule has 0 spiro atoms. The predicted molar refractivity (Wildman–Crippen MR) is 114 cm³/mol. The third-order valence-corrected chi connectivity index (χ3v) is 4.83. The van der Waals surface area contributed by atoms with Gasteiger partial charge in [-0.2, -0.15) is 0 Å². The molecule has 0 aliphatic carbocycles. The maximum atomic E-state index is 12.4. The van der Waals surface area contributed by atoms with Gasteiger partial charge in [-0.15, -0.1) is 0 Å². The molecule has 0 amide bonds. The van der Waals surface area contributed by atoms with E-state index in [1.165, 1.54) is 51.4 Å². The van der Waals surface area contributed by atoms with Crippen molar-refractivity contribution in [2.45, 2.75) is 90.9 Å². The van der Waals surface area contributed by atoms with Gasteiger partial charge in [-0.25, -0.2) is 9.59 Å². The monoisotopic (exact) mass is 438 g/mol. The minimum Gasteiger partial charge on any atom is -0.462 e. The first-order chi connectivity index (χ1) is 13.7. The van der Waals surface area contributed by atoms with Crippen molar-refractivity contribution in [1.82, 2.24) is 0 Å². The van der Waals surface area contributed by atoms with Crippen LogP contribution in [0.1, 0.15) is 112 Å². The summed E-state index contributed by atoms with van der Waals surface area (Å²) in [5.41, 5.74) is 0.586. The fraction of sp³-hybridized carbons (Fsp3) is 0.667. The second kappa shape index (κ2) is 18.9. The molecule has 0 heterocycles. The second-order valence-electron chi connectivity index (χ2n) is 7.35. The molecule has 162 valence electrons. The SMILES string of the molecule is CCCCCCCCOC(=O)c1ccccc1C(=O)OCCCCCCCC.[Ti]. The number of carbonyl (C=O) groups is 2. The first kappa shape index (κ1) is 27.9. The Kier molecular flexibility index (Phi) is 18.1. The Labute approximate surface area is 192 Å². The van der Waals surface area contributed by atoms with E-state index in [2.05, 4.69) is 13.8 Å². The van der Waals surface area contributed by atoms with E-state index >= 15 is 0 Å². The number of rotatable bonds is 16. The largest absolute Gasteiger partial charge is 0.462 e. The van der Waals surface area contributed by atoms with Crippen molar-refractivity contribution in [3.63, 3.8) is 0 Å². The van der Waals surface area contributed by atoms with Crippen LogP contribution < -0.4 is 0 Å². The Bertz CT molecular complexity index is 511. The van der Waals surface area contributed by atoms with Gasteiger partial charge in [-0.3, -0.25) is 0 Å². The Morgan fingerprint density at radius 2 is 0.966 bits per heavy atom. The average Bonchev–Trinajstić information content (AvgIpc) is 2.72. The molecular weight excluding hydrogens is 400 g/mol. The van der Waals surface area contributed by atoms with E-state index in [9.17, 15) is 9.59 Å². The van der Waals surface area contributed by atoms with Crippen molar-refractivity contribution >= 4 is 11.9 Å². The molecule has 0 fully saturated rings. The third-order valence-electron chi connectivity index (χ3n) is 4.83. The molecule has 0 atom stereocenters. The van der Waals surface area contributed by atoms with Crippen molar-refractivity contribution in [2.24, 2.45) is 0 Å². The van der Waals surface area contributed by atoms with Crippen LogP contribution in [0.25, 0.3) is 0 Å². The fourth-order valence-corrected chi connectivity index (χ4v) is 3.09. The van der Waals surface area contributed by atoms with Crippen molar-refractivity contribution in [3.8, 4) is 0 Å². The summed E-state index contributed by atoms with van der Waals surface area (Å²) < 4.78 is 10.7. The molecule has 1 aromatic carbocycles. The molecule has 0 bridgehead atoms. The van der Waals surface area contributed by atoms with E-state index in [1.54, 1.807) is 24.3 Å². The summed E-state index contributed by atoms with van der Waals surface area (Å²) in [6, 6.07) is 6.74. The zero-order valence-electron chi connectivity index (χ0n) is 18.3. The summed E-state index contributed by atoms with van der Waals surface area (Å²) in [6.45, 7) is 5.17. The summed E-state index contributed by atoms with van der Waals surface area (Å²) in [5, 5.41) is 0. The first-order valence-electron chi connectivity index (χ1n) is 11.1. The molecule has 0 saturated carbocycles. The van der Waals surface area contributed by atoms with E-state index in [0.717, 1.165) is 25.7 Å². The minimum atomic E-state index is -0.444. The van der Waals surface area contributed by atoms with Crippen LogP contribution in [0, 0.1) is 0 Å². The number of ether oxygens (including phenoxy) is 2. The average molecular weight is 438 g/mol. The van der Waals surface area contributed by atoms with E-state index < -0.39 is 11.9 Å². The number of benzene rings is 1. The Hall–Kier alpha value is -1.13. The molecule has 0 aromatic heterocycles. The van der Waals surface area contributed by atoms with Gasteiger partial charge in [0.1, 0.15) is 0 Å². The smallest absolute Gasteiger partial charge is 0.339 e. The van der Waals surface area contributed by atoms with Gasteiger partial charge in [0.25, 0.3) is 0 Å². The van der Waals surface area contributed by atoms with E-state index in [4.69, 9.17) is 9.47 Å². The van der Waals surface area contributed by atoms with Crippen molar-refractivity contribution in [2.75, 3.05) is 13.2 Å². The molecule has 0 radical (unpaired) electrons. The van der Waals surface area contributed by atoms with E-state index in [-0.39, 0.29) is 21.7 Å². The Balaban J connectivity index is 0.00000784. The number of unbranched alkanes of at least 4 members (excludes halogenated alkanes) is 10. The number of hydrogen-bond donors (Lipinski definition) is 0. The maximum Gasteiger partial charge on any atom is 0.339 e. The topological polar surface area (TPSA) is 52.6 Å². The molecule has 0 aliphatic rings. The molecule has 1 aromatic rings. The summed E-state index contributed by atoms with van der Waals surface area (Å²) in [6.07, 6.45) is 13.6. The van der Waals surface area contributed by atoms with Crippen molar-refractivity contribution in [1.29, 1.82) is 0 Å². The van der Waals surface area contributed by atoms with Gasteiger partial charge in [-0.1, -0.05) is 90.2 Å². The van der Waals surface area contributed by atoms with Gasteiger partial charge in [0.2, 0.25) is 0 Å². The molecule has 0 aliphatic heterocycles. The van der Waals surface area contributed by atoms with Gasteiger partial charge in [0.15, 0.2) is 0 Å². The van der Waals surface area contributed by atoms with Crippen LogP contribution in [0.3, 0.4) is 0 Å². The number of hydrogen-bond acceptors (Lipinski definition) is 4. The number of esters is 2. The molecule has 29 heavy (non-hydrogen) atoms. The van der Waals surface area contributed by atoms with Crippen LogP contribution in [-0.2, 0) is 31.2 Å². The van der Waals surface area contributed by atoms with E-state index in [1.807, 2.05) is 0 Å². The van der Waals surface area contributed by atoms with Crippen molar-refractivity contribution < 1.29 is 40.8 Å².